The summed E-state index contributed by atoms with van der Waals surface area (Å²) in [4.78, 5) is 14.1. The molecule has 2 aliphatic rings. The maximum atomic E-state index is 12.2. The average Bonchev–Trinajstić information content (AvgIpc) is 2.45. The molecule has 8 heteroatoms. The van der Waals surface area contributed by atoms with Gasteiger partial charge in [0, 0.05) is 24.4 Å². The first-order valence-electron chi connectivity index (χ1n) is 7.51. The van der Waals surface area contributed by atoms with Crippen LogP contribution in [-0.4, -0.2) is 68.7 Å². The van der Waals surface area contributed by atoms with Gasteiger partial charge in [0.1, 0.15) is 0 Å². The molecular formula is C13H25N3O3S2. The molecule has 2 aliphatic heterocycles. The molecule has 2 fully saturated rings. The smallest absolute Gasteiger partial charge is 0.232 e. The molecule has 2 saturated heterocycles. The summed E-state index contributed by atoms with van der Waals surface area (Å²) in [6.45, 7) is 3.40. The van der Waals surface area contributed by atoms with E-state index in [9.17, 15) is 13.2 Å². The van der Waals surface area contributed by atoms with Crippen LogP contribution in [0.25, 0.3) is 0 Å². The van der Waals surface area contributed by atoms with Gasteiger partial charge in [-0.2, -0.15) is 0 Å². The topological polar surface area (TPSA) is 78.5 Å². The van der Waals surface area contributed by atoms with Gasteiger partial charge in [0.2, 0.25) is 15.9 Å². The molecule has 0 aliphatic carbocycles. The standard InChI is InChI=1S/C13H25N3O3S2/c1-21(18,19)15-11-4-8-16(9-5-11)13(17)10-20-12-2-6-14-7-3-12/h11-12,14-15H,2-10H2,1H3. The van der Waals surface area contributed by atoms with Crippen molar-refractivity contribution in [3.63, 3.8) is 0 Å². The van der Waals surface area contributed by atoms with E-state index < -0.39 is 10.0 Å². The van der Waals surface area contributed by atoms with Crippen LogP contribution in [0.3, 0.4) is 0 Å². The van der Waals surface area contributed by atoms with Crippen molar-refractivity contribution in [3.8, 4) is 0 Å². The first kappa shape index (κ1) is 17.1. The lowest BCUT2D eigenvalue weighted by atomic mass is 10.1. The van der Waals surface area contributed by atoms with Gasteiger partial charge in [0.15, 0.2) is 0 Å². The van der Waals surface area contributed by atoms with E-state index in [0.29, 0.717) is 36.9 Å². The SMILES string of the molecule is CS(=O)(=O)NC1CCN(C(=O)CSC2CCNCC2)CC1. The number of sulfonamides is 1. The number of carbonyl (C=O) groups is 1. The molecule has 0 saturated carbocycles. The number of thioether (sulfide) groups is 1. The first-order valence-corrected chi connectivity index (χ1v) is 10.5. The van der Waals surface area contributed by atoms with Crippen molar-refractivity contribution >= 4 is 27.7 Å². The molecule has 0 radical (unpaired) electrons. The summed E-state index contributed by atoms with van der Waals surface area (Å²) in [7, 11) is -3.15. The molecule has 21 heavy (non-hydrogen) atoms. The van der Waals surface area contributed by atoms with Crippen molar-refractivity contribution in [1.82, 2.24) is 14.9 Å². The largest absolute Gasteiger partial charge is 0.342 e. The third kappa shape index (κ3) is 6.14. The quantitative estimate of drug-likeness (QED) is 0.740. The maximum absolute atomic E-state index is 12.2. The van der Waals surface area contributed by atoms with Crippen molar-refractivity contribution in [2.24, 2.45) is 0 Å². The van der Waals surface area contributed by atoms with E-state index in [1.54, 1.807) is 11.8 Å². The van der Waals surface area contributed by atoms with Crippen LogP contribution in [0.1, 0.15) is 25.7 Å². The van der Waals surface area contributed by atoms with Crippen LogP contribution in [0.15, 0.2) is 0 Å². The van der Waals surface area contributed by atoms with E-state index in [1.165, 1.54) is 6.26 Å². The second kappa shape index (κ2) is 7.80. The fourth-order valence-electron chi connectivity index (χ4n) is 2.79. The van der Waals surface area contributed by atoms with Gasteiger partial charge < -0.3 is 10.2 Å². The van der Waals surface area contributed by atoms with Gasteiger partial charge >= 0.3 is 0 Å². The van der Waals surface area contributed by atoms with E-state index in [0.717, 1.165) is 25.9 Å². The summed E-state index contributed by atoms with van der Waals surface area (Å²) in [5.74, 6) is 0.741. The van der Waals surface area contributed by atoms with Crippen LogP contribution in [0.4, 0.5) is 0 Å². The Bertz CT molecular complexity index is 442. The summed E-state index contributed by atoms with van der Waals surface area (Å²) in [6, 6.07) is -0.0267. The predicted octanol–water partition coefficient (Wildman–Crippen LogP) is 0.0118. The fourth-order valence-corrected chi connectivity index (χ4v) is 4.76. The number of nitrogens with zero attached hydrogens (tertiary/aromatic N) is 1. The van der Waals surface area contributed by atoms with E-state index in [1.807, 2.05) is 4.90 Å². The number of carbonyl (C=O) groups excluding carboxylic acids is 1. The zero-order valence-corrected chi connectivity index (χ0v) is 14.1. The van der Waals surface area contributed by atoms with Crippen molar-refractivity contribution < 1.29 is 13.2 Å². The molecular weight excluding hydrogens is 310 g/mol. The van der Waals surface area contributed by atoms with Crippen LogP contribution in [-0.2, 0) is 14.8 Å². The number of hydrogen-bond donors (Lipinski definition) is 2. The average molecular weight is 335 g/mol. The molecule has 0 bridgehead atoms. The Balaban J connectivity index is 1.67. The first-order chi connectivity index (χ1) is 9.94. The van der Waals surface area contributed by atoms with Gasteiger partial charge in [0.25, 0.3) is 0 Å². The zero-order chi connectivity index (χ0) is 15.3. The van der Waals surface area contributed by atoms with Crippen molar-refractivity contribution in [1.29, 1.82) is 0 Å². The highest BCUT2D eigenvalue weighted by atomic mass is 32.2. The molecule has 1 amide bonds. The van der Waals surface area contributed by atoms with Crippen LogP contribution >= 0.6 is 11.8 Å². The minimum Gasteiger partial charge on any atom is -0.342 e. The summed E-state index contributed by atoms with van der Waals surface area (Å²) in [5.41, 5.74) is 0. The van der Waals surface area contributed by atoms with E-state index in [4.69, 9.17) is 0 Å². The molecule has 0 atom stereocenters. The molecule has 0 aromatic rings. The molecule has 2 heterocycles. The third-order valence-electron chi connectivity index (χ3n) is 3.96. The Morgan fingerprint density at radius 2 is 1.86 bits per heavy atom. The normalized spacial score (nSPS) is 22.4. The summed E-state index contributed by atoms with van der Waals surface area (Å²) in [5, 5.41) is 3.92. The van der Waals surface area contributed by atoms with E-state index in [2.05, 4.69) is 10.0 Å². The number of rotatable bonds is 5. The van der Waals surface area contributed by atoms with Crippen LogP contribution < -0.4 is 10.0 Å². The zero-order valence-electron chi connectivity index (χ0n) is 12.5. The van der Waals surface area contributed by atoms with Crippen molar-refractivity contribution in [3.05, 3.63) is 0 Å². The van der Waals surface area contributed by atoms with Gasteiger partial charge in [-0.1, -0.05) is 0 Å². The second-order valence-electron chi connectivity index (χ2n) is 5.81. The highest BCUT2D eigenvalue weighted by molar-refractivity contribution is 8.00. The minimum absolute atomic E-state index is 0.0267. The van der Waals surface area contributed by atoms with Gasteiger partial charge in [-0.15, -0.1) is 11.8 Å². The number of hydrogen-bond acceptors (Lipinski definition) is 5. The number of amides is 1. The van der Waals surface area contributed by atoms with Crippen molar-refractivity contribution in [2.45, 2.75) is 37.0 Å². The molecule has 0 aromatic carbocycles. The molecule has 0 spiro atoms. The van der Waals surface area contributed by atoms with Crippen LogP contribution in [0, 0.1) is 0 Å². The van der Waals surface area contributed by atoms with Crippen LogP contribution in [0.5, 0.6) is 0 Å². The van der Waals surface area contributed by atoms with Gasteiger partial charge in [-0.3, -0.25) is 4.79 Å². The number of nitrogens with one attached hydrogen (secondary N) is 2. The Hall–Kier alpha value is -0.310. The summed E-state index contributed by atoms with van der Waals surface area (Å²) < 4.78 is 25.0. The lowest BCUT2D eigenvalue weighted by Crippen LogP contribution is -2.46. The molecule has 0 aromatic heterocycles. The predicted molar refractivity (Wildman–Crippen MR) is 85.9 cm³/mol. The van der Waals surface area contributed by atoms with E-state index in [-0.39, 0.29) is 11.9 Å². The van der Waals surface area contributed by atoms with Gasteiger partial charge in [-0.25, -0.2) is 13.1 Å². The Labute approximate surface area is 131 Å². The highest BCUT2D eigenvalue weighted by Crippen LogP contribution is 2.21. The fraction of sp³-hybridized carbons (Fsp3) is 0.923. The van der Waals surface area contributed by atoms with Gasteiger partial charge in [-0.05, 0) is 38.8 Å². The third-order valence-corrected chi connectivity index (χ3v) is 6.08. The molecule has 122 valence electrons. The molecule has 6 nitrogen and oxygen atoms in total. The minimum atomic E-state index is -3.15. The monoisotopic (exact) mass is 335 g/mol. The summed E-state index contributed by atoms with van der Waals surface area (Å²) in [6.07, 6.45) is 4.87. The molecule has 2 N–H and O–H groups in total. The van der Waals surface area contributed by atoms with E-state index >= 15 is 0 Å². The number of likely N-dealkylation sites (tertiary alicyclic amines) is 1. The highest BCUT2D eigenvalue weighted by Gasteiger charge is 2.25. The van der Waals surface area contributed by atoms with Crippen LogP contribution in [0.2, 0.25) is 0 Å². The molecule has 0 unspecified atom stereocenters. The van der Waals surface area contributed by atoms with Gasteiger partial charge in [0.05, 0.1) is 12.0 Å². The lowest BCUT2D eigenvalue weighted by Gasteiger charge is -2.32. The molecule has 2 rings (SSSR count). The Morgan fingerprint density at radius 1 is 1.24 bits per heavy atom. The Kier molecular flexibility index (Phi) is 6.34. The Morgan fingerprint density at radius 3 is 2.43 bits per heavy atom. The number of piperidine rings is 2. The lowest BCUT2D eigenvalue weighted by molar-refractivity contribution is -0.129. The summed E-state index contributed by atoms with van der Waals surface area (Å²) >= 11 is 1.77. The second-order valence-corrected chi connectivity index (χ2v) is 8.87. The maximum Gasteiger partial charge on any atom is 0.232 e. The van der Waals surface area contributed by atoms with Crippen molar-refractivity contribution in [2.75, 3.05) is 38.2 Å².